The molecule has 0 unspecified atom stereocenters. The average molecular weight is 312 g/mol. The molecular formula is C14H18ClN3OS. The first-order chi connectivity index (χ1) is 9.54. The van der Waals surface area contributed by atoms with E-state index in [4.69, 9.17) is 11.6 Å². The first-order valence-electron chi connectivity index (χ1n) is 6.51. The molecule has 0 bridgehead atoms. The first kappa shape index (κ1) is 15.2. The number of carbonyl (C=O) groups excluding carboxylic acids is 1. The molecule has 4 nitrogen and oxygen atoms in total. The Labute approximate surface area is 128 Å². The van der Waals surface area contributed by atoms with E-state index in [-0.39, 0.29) is 5.78 Å². The van der Waals surface area contributed by atoms with E-state index in [9.17, 15) is 4.79 Å². The predicted molar refractivity (Wildman–Crippen MR) is 82.9 cm³/mol. The van der Waals surface area contributed by atoms with Crippen LogP contribution in [0.1, 0.15) is 27.9 Å². The van der Waals surface area contributed by atoms with Crippen molar-refractivity contribution in [3.05, 3.63) is 38.8 Å². The van der Waals surface area contributed by atoms with Crippen LogP contribution in [0.5, 0.6) is 0 Å². The molecule has 0 aliphatic heterocycles. The molecule has 0 saturated heterocycles. The van der Waals surface area contributed by atoms with Crippen LogP contribution in [0.2, 0.25) is 5.02 Å². The molecule has 0 aliphatic carbocycles. The van der Waals surface area contributed by atoms with Crippen molar-refractivity contribution in [1.29, 1.82) is 0 Å². The maximum absolute atomic E-state index is 12.7. The number of nitrogens with zero attached hydrogens (tertiary/aromatic N) is 3. The molecule has 0 amide bonds. The molecule has 2 heterocycles. The molecule has 0 fully saturated rings. The number of aromatic nitrogens is 2. The van der Waals surface area contributed by atoms with Crippen LogP contribution in [0, 0.1) is 0 Å². The van der Waals surface area contributed by atoms with E-state index in [0.717, 1.165) is 23.4 Å². The van der Waals surface area contributed by atoms with Gasteiger partial charge in [0, 0.05) is 6.54 Å². The maximum Gasteiger partial charge on any atom is 0.222 e. The minimum atomic E-state index is -0.0295. The van der Waals surface area contributed by atoms with Crippen molar-refractivity contribution < 1.29 is 4.79 Å². The number of hydrogen-bond donors (Lipinski definition) is 0. The summed E-state index contributed by atoms with van der Waals surface area (Å²) in [5.74, 6) is -0.0295. The normalized spacial score (nSPS) is 11.2. The van der Waals surface area contributed by atoms with E-state index in [0.29, 0.717) is 17.3 Å². The van der Waals surface area contributed by atoms with Crippen LogP contribution >= 0.6 is 22.9 Å². The van der Waals surface area contributed by atoms with Crippen LogP contribution in [0.4, 0.5) is 0 Å². The van der Waals surface area contributed by atoms with Crippen molar-refractivity contribution in [2.75, 3.05) is 20.6 Å². The molecule has 0 radical (unpaired) electrons. The van der Waals surface area contributed by atoms with Crippen LogP contribution in [0.3, 0.4) is 0 Å². The Morgan fingerprint density at radius 2 is 2.25 bits per heavy atom. The van der Waals surface area contributed by atoms with Crippen molar-refractivity contribution in [3.63, 3.8) is 0 Å². The molecule has 2 aromatic heterocycles. The van der Waals surface area contributed by atoms with Gasteiger partial charge in [-0.2, -0.15) is 5.10 Å². The van der Waals surface area contributed by atoms with Crippen molar-refractivity contribution in [1.82, 2.24) is 14.7 Å². The molecule has 108 valence electrons. The zero-order valence-corrected chi connectivity index (χ0v) is 13.5. The lowest BCUT2D eigenvalue weighted by Crippen LogP contribution is -2.21. The molecule has 0 atom stereocenters. The van der Waals surface area contributed by atoms with Gasteiger partial charge >= 0.3 is 0 Å². The Morgan fingerprint density at radius 3 is 2.90 bits per heavy atom. The van der Waals surface area contributed by atoms with Crippen LogP contribution in [0.25, 0.3) is 0 Å². The molecule has 0 N–H and O–H groups in total. The SMILES string of the molecule is CCc1ccsc1C(=O)c1c(Cl)cnn1CCN(C)C. The van der Waals surface area contributed by atoms with Crippen molar-refractivity contribution >= 4 is 28.7 Å². The smallest absolute Gasteiger partial charge is 0.222 e. The Hall–Kier alpha value is -1.17. The number of carbonyl (C=O) groups is 1. The number of thiophene rings is 1. The maximum atomic E-state index is 12.7. The highest BCUT2D eigenvalue weighted by Gasteiger charge is 2.22. The lowest BCUT2D eigenvalue weighted by atomic mass is 10.1. The fraction of sp³-hybridized carbons (Fsp3) is 0.429. The van der Waals surface area contributed by atoms with Gasteiger partial charge in [-0.05, 0) is 37.5 Å². The first-order valence-corrected chi connectivity index (χ1v) is 7.77. The molecule has 2 aromatic rings. The highest BCUT2D eigenvalue weighted by molar-refractivity contribution is 7.12. The standard InChI is InChI=1S/C14H18ClN3OS/c1-4-10-5-8-20-14(10)13(19)12-11(15)9-16-18(12)7-6-17(2)3/h5,8-9H,4,6-7H2,1-3H3. The van der Waals surface area contributed by atoms with Gasteiger partial charge in [0.2, 0.25) is 5.78 Å². The number of ketones is 1. The van der Waals surface area contributed by atoms with E-state index in [1.54, 1.807) is 10.9 Å². The molecule has 0 spiro atoms. The number of hydrogen-bond acceptors (Lipinski definition) is 4. The van der Waals surface area contributed by atoms with Gasteiger partial charge in [-0.1, -0.05) is 18.5 Å². The molecule has 20 heavy (non-hydrogen) atoms. The second-order valence-electron chi connectivity index (χ2n) is 4.83. The highest BCUT2D eigenvalue weighted by atomic mass is 35.5. The number of rotatable bonds is 6. The van der Waals surface area contributed by atoms with Crippen molar-refractivity contribution in [3.8, 4) is 0 Å². The summed E-state index contributed by atoms with van der Waals surface area (Å²) < 4.78 is 1.70. The summed E-state index contributed by atoms with van der Waals surface area (Å²) in [6.07, 6.45) is 2.39. The Kier molecular flexibility index (Phi) is 4.96. The molecule has 0 aromatic carbocycles. The number of aryl methyl sites for hydroxylation is 1. The van der Waals surface area contributed by atoms with E-state index >= 15 is 0 Å². The fourth-order valence-electron chi connectivity index (χ4n) is 1.97. The molecule has 0 aliphatic rings. The largest absolute Gasteiger partial charge is 0.308 e. The second kappa shape index (κ2) is 6.52. The molecular weight excluding hydrogens is 294 g/mol. The van der Waals surface area contributed by atoms with Gasteiger partial charge in [0.15, 0.2) is 0 Å². The Bertz CT molecular complexity index is 603. The minimum Gasteiger partial charge on any atom is -0.308 e. The summed E-state index contributed by atoms with van der Waals surface area (Å²) in [4.78, 5) is 15.5. The monoisotopic (exact) mass is 311 g/mol. The van der Waals surface area contributed by atoms with Crippen molar-refractivity contribution in [2.45, 2.75) is 19.9 Å². The lowest BCUT2D eigenvalue weighted by molar-refractivity contribution is 0.103. The van der Waals surface area contributed by atoms with Crippen LogP contribution in [-0.2, 0) is 13.0 Å². The van der Waals surface area contributed by atoms with E-state index < -0.39 is 0 Å². The third-order valence-electron chi connectivity index (χ3n) is 3.10. The van der Waals surface area contributed by atoms with E-state index in [2.05, 4.69) is 5.10 Å². The van der Waals surface area contributed by atoms with Crippen LogP contribution in [-0.4, -0.2) is 41.1 Å². The summed E-state index contributed by atoms with van der Waals surface area (Å²) in [6.45, 7) is 3.50. The van der Waals surface area contributed by atoms with Crippen LogP contribution in [0.15, 0.2) is 17.6 Å². The summed E-state index contributed by atoms with van der Waals surface area (Å²) in [5, 5.41) is 6.58. The summed E-state index contributed by atoms with van der Waals surface area (Å²) in [5.41, 5.74) is 1.56. The number of likely N-dealkylation sites (N-methyl/N-ethyl adjacent to an activating group) is 1. The minimum absolute atomic E-state index is 0.0295. The van der Waals surface area contributed by atoms with Gasteiger partial charge in [0.05, 0.1) is 22.6 Å². The van der Waals surface area contributed by atoms with Gasteiger partial charge in [-0.25, -0.2) is 0 Å². The Morgan fingerprint density at radius 1 is 1.50 bits per heavy atom. The summed E-state index contributed by atoms with van der Waals surface area (Å²) in [6, 6.07) is 1.99. The predicted octanol–water partition coefficient (Wildman–Crippen LogP) is 2.95. The van der Waals surface area contributed by atoms with Gasteiger partial charge in [0.25, 0.3) is 0 Å². The number of halogens is 1. The zero-order chi connectivity index (χ0) is 14.7. The van der Waals surface area contributed by atoms with E-state index in [1.807, 2.05) is 37.4 Å². The van der Waals surface area contributed by atoms with Crippen LogP contribution < -0.4 is 0 Å². The van der Waals surface area contributed by atoms with Crippen molar-refractivity contribution in [2.24, 2.45) is 0 Å². The summed E-state index contributed by atoms with van der Waals surface area (Å²) in [7, 11) is 3.97. The average Bonchev–Trinajstić information content (AvgIpc) is 3.01. The third kappa shape index (κ3) is 3.11. The molecule has 2 rings (SSSR count). The summed E-state index contributed by atoms with van der Waals surface area (Å²) >= 11 is 7.62. The fourth-order valence-corrected chi connectivity index (χ4v) is 3.14. The Balaban J connectivity index is 2.32. The molecule has 6 heteroatoms. The second-order valence-corrected chi connectivity index (χ2v) is 6.15. The zero-order valence-electron chi connectivity index (χ0n) is 11.9. The van der Waals surface area contributed by atoms with Gasteiger partial charge in [-0.3, -0.25) is 9.48 Å². The van der Waals surface area contributed by atoms with E-state index in [1.165, 1.54) is 11.3 Å². The van der Waals surface area contributed by atoms with Gasteiger partial charge < -0.3 is 4.90 Å². The van der Waals surface area contributed by atoms with Gasteiger partial charge in [-0.15, -0.1) is 11.3 Å². The highest BCUT2D eigenvalue weighted by Crippen LogP contribution is 2.25. The third-order valence-corrected chi connectivity index (χ3v) is 4.33. The van der Waals surface area contributed by atoms with Gasteiger partial charge in [0.1, 0.15) is 5.69 Å². The molecule has 0 saturated carbocycles. The quantitative estimate of drug-likeness (QED) is 0.770. The lowest BCUT2D eigenvalue weighted by Gasteiger charge is -2.11. The topological polar surface area (TPSA) is 38.1 Å².